The van der Waals surface area contributed by atoms with Gasteiger partial charge < -0.3 is 10.2 Å². The lowest BCUT2D eigenvalue weighted by molar-refractivity contribution is -0.133. The molecule has 2 aromatic carbocycles. The van der Waals surface area contributed by atoms with Gasteiger partial charge in [0, 0.05) is 24.2 Å². The first-order valence-corrected chi connectivity index (χ1v) is 9.90. The van der Waals surface area contributed by atoms with Crippen molar-refractivity contribution in [3.8, 4) is 0 Å². The summed E-state index contributed by atoms with van der Waals surface area (Å²) in [7, 11) is 0. The quantitative estimate of drug-likeness (QED) is 0.745. The van der Waals surface area contributed by atoms with E-state index in [2.05, 4.69) is 10.7 Å². The van der Waals surface area contributed by atoms with Gasteiger partial charge in [-0.1, -0.05) is 37.3 Å². The SMILES string of the molecule is CC[C@@]1(c2ccccc2)NC(=O)N(NC(=O)c2ccc(N3CCCC3=O)cc2)C1=O. The fraction of sp³-hybridized carbons (Fsp3) is 0.273. The van der Waals surface area contributed by atoms with Crippen molar-refractivity contribution in [2.75, 3.05) is 11.4 Å². The second kappa shape index (κ2) is 7.62. The second-order valence-electron chi connectivity index (χ2n) is 7.33. The van der Waals surface area contributed by atoms with E-state index in [0.29, 0.717) is 24.9 Å². The molecule has 0 saturated carbocycles. The number of imide groups is 1. The topological polar surface area (TPSA) is 98.8 Å². The number of amides is 5. The Labute approximate surface area is 173 Å². The lowest BCUT2D eigenvalue weighted by Crippen LogP contribution is -2.48. The van der Waals surface area contributed by atoms with Crippen molar-refractivity contribution >= 4 is 29.4 Å². The molecule has 2 N–H and O–H groups in total. The molecule has 0 aliphatic carbocycles. The highest BCUT2D eigenvalue weighted by Crippen LogP contribution is 2.31. The number of hydrogen-bond donors (Lipinski definition) is 2. The Hall–Kier alpha value is -3.68. The first kappa shape index (κ1) is 19.6. The van der Waals surface area contributed by atoms with Gasteiger partial charge in [0.15, 0.2) is 0 Å². The van der Waals surface area contributed by atoms with Crippen LogP contribution in [-0.4, -0.2) is 35.3 Å². The van der Waals surface area contributed by atoms with Gasteiger partial charge in [-0.25, -0.2) is 4.79 Å². The monoisotopic (exact) mass is 406 g/mol. The fourth-order valence-electron chi connectivity index (χ4n) is 3.92. The number of carbonyl (C=O) groups is 4. The lowest BCUT2D eigenvalue weighted by atomic mass is 9.87. The van der Waals surface area contributed by atoms with Crippen LogP contribution in [0.15, 0.2) is 54.6 Å². The van der Waals surface area contributed by atoms with E-state index in [9.17, 15) is 19.2 Å². The van der Waals surface area contributed by atoms with Crippen LogP contribution in [0, 0.1) is 0 Å². The average Bonchev–Trinajstić information content (AvgIpc) is 3.31. The van der Waals surface area contributed by atoms with Crippen molar-refractivity contribution in [3.05, 3.63) is 65.7 Å². The Morgan fingerprint density at radius 3 is 2.37 bits per heavy atom. The van der Waals surface area contributed by atoms with E-state index < -0.39 is 23.4 Å². The van der Waals surface area contributed by atoms with Crippen LogP contribution in [-0.2, 0) is 15.1 Å². The number of hydrazine groups is 1. The van der Waals surface area contributed by atoms with E-state index in [1.165, 1.54) is 0 Å². The Balaban J connectivity index is 1.51. The van der Waals surface area contributed by atoms with Crippen LogP contribution in [0.2, 0.25) is 0 Å². The van der Waals surface area contributed by atoms with E-state index in [1.807, 2.05) is 6.07 Å². The number of urea groups is 1. The summed E-state index contributed by atoms with van der Waals surface area (Å²) in [6.45, 7) is 2.46. The molecule has 2 aliphatic rings. The summed E-state index contributed by atoms with van der Waals surface area (Å²) < 4.78 is 0. The summed E-state index contributed by atoms with van der Waals surface area (Å²) in [5.41, 5.74) is 2.84. The largest absolute Gasteiger partial charge is 0.344 e. The first-order chi connectivity index (χ1) is 14.5. The summed E-state index contributed by atoms with van der Waals surface area (Å²) in [5.74, 6) is -1.06. The second-order valence-corrected chi connectivity index (χ2v) is 7.33. The molecule has 0 bridgehead atoms. The molecule has 8 heteroatoms. The number of anilines is 1. The molecular weight excluding hydrogens is 384 g/mol. The van der Waals surface area contributed by atoms with Crippen molar-refractivity contribution in [3.63, 3.8) is 0 Å². The summed E-state index contributed by atoms with van der Waals surface area (Å²) in [4.78, 5) is 51.8. The molecule has 2 saturated heterocycles. The molecule has 0 radical (unpaired) electrons. The van der Waals surface area contributed by atoms with E-state index >= 15 is 0 Å². The molecule has 2 fully saturated rings. The van der Waals surface area contributed by atoms with Crippen LogP contribution in [0.5, 0.6) is 0 Å². The summed E-state index contributed by atoms with van der Waals surface area (Å²) >= 11 is 0. The van der Waals surface area contributed by atoms with Gasteiger partial charge in [-0.2, -0.15) is 5.01 Å². The van der Waals surface area contributed by atoms with Crippen molar-refractivity contribution in [1.29, 1.82) is 0 Å². The molecule has 2 aliphatic heterocycles. The van der Waals surface area contributed by atoms with E-state index in [4.69, 9.17) is 0 Å². The van der Waals surface area contributed by atoms with E-state index in [1.54, 1.807) is 60.4 Å². The Bertz CT molecular complexity index is 1010. The maximum atomic E-state index is 13.1. The van der Waals surface area contributed by atoms with Gasteiger partial charge in [0.25, 0.3) is 11.8 Å². The van der Waals surface area contributed by atoms with Crippen molar-refractivity contribution in [2.24, 2.45) is 0 Å². The lowest BCUT2D eigenvalue weighted by Gasteiger charge is -2.25. The van der Waals surface area contributed by atoms with Crippen LogP contribution in [0.4, 0.5) is 10.5 Å². The first-order valence-electron chi connectivity index (χ1n) is 9.90. The van der Waals surface area contributed by atoms with Crippen molar-refractivity contribution < 1.29 is 19.2 Å². The fourth-order valence-corrected chi connectivity index (χ4v) is 3.92. The summed E-state index contributed by atoms with van der Waals surface area (Å²) in [5, 5.41) is 3.45. The predicted octanol–water partition coefficient (Wildman–Crippen LogP) is 2.32. The number of benzene rings is 2. The molecule has 2 aromatic rings. The predicted molar refractivity (Wildman–Crippen MR) is 109 cm³/mol. The Morgan fingerprint density at radius 2 is 1.77 bits per heavy atom. The number of hydrogen-bond acceptors (Lipinski definition) is 4. The van der Waals surface area contributed by atoms with Crippen LogP contribution >= 0.6 is 0 Å². The van der Waals surface area contributed by atoms with Crippen molar-refractivity contribution in [1.82, 2.24) is 15.8 Å². The highest BCUT2D eigenvalue weighted by Gasteiger charge is 2.52. The summed E-state index contributed by atoms with van der Waals surface area (Å²) in [6.07, 6.45) is 1.68. The average molecular weight is 406 g/mol. The maximum Gasteiger partial charge on any atom is 0.344 e. The minimum atomic E-state index is -1.22. The molecular formula is C22H22N4O4. The number of nitrogens with one attached hydrogen (secondary N) is 2. The molecule has 4 rings (SSSR count). The third kappa shape index (κ3) is 3.20. The number of nitrogens with zero attached hydrogens (tertiary/aromatic N) is 2. The van der Waals surface area contributed by atoms with Crippen LogP contribution in [0.3, 0.4) is 0 Å². The molecule has 2 heterocycles. The van der Waals surface area contributed by atoms with Gasteiger partial charge in [-0.15, -0.1) is 0 Å². The standard InChI is InChI=1S/C22H22N4O4/c1-2-22(16-7-4-3-5-8-16)20(29)26(21(30)23-22)24-19(28)15-10-12-17(13-11-15)25-14-6-9-18(25)27/h3-5,7-8,10-13H,2,6,9,14H2,1H3,(H,23,30)(H,24,28)/t22-/m0/s1. The number of rotatable bonds is 5. The highest BCUT2D eigenvalue weighted by molar-refractivity contribution is 6.09. The third-order valence-corrected chi connectivity index (χ3v) is 5.62. The van der Waals surface area contributed by atoms with Crippen molar-refractivity contribution in [2.45, 2.75) is 31.7 Å². The zero-order chi connectivity index (χ0) is 21.3. The van der Waals surface area contributed by atoms with Crippen LogP contribution in [0.25, 0.3) is 0 Å². The molecule has 0 spiro atoms. The minimum absolute atomic E-state index is 0.0587. The minimum Gasteiger partial charge on any atom is -0.318 e. The summed E-state index contributed by atoms with van der Waals surface area (Å²) in [6, 6.07) is 14.8. The van der Waals surface area contributed by atoms with Crippen LogP contribution in [0.1, 0.15) is 42.1 Å². The van der Waals surface area contributed by atoms with Crippen LogP contribution < -0.4 is 15.6 Å². The van der Waals surface area contributed by atoms with Gasteiger partial charge in [-0.3, -0.25) is 19.8 Å². The normalized spacial score (nSPS) is 21.2. The maximum absolute atomic E-state index is 13.1. The van der Waals surface area contributed by atoms with Gasteiger partial charge in [0.05, 0.1) is 0 Å². The molecule has 1 atom stereocenters. The third-order valence-electron chi connectivity index (χ3n) is 5.62. The zero-order valence-electron chi connectivity index (χ0n) is 16.6. The van der Waals surface area contributed by atoms with E-state index in [-0.39, 0.29) is 11.5 Å². The zero-order valence-corrected chi connectivity index (χ0v) is 16.6. The van der Waals surface area contributed by atoms with E-state index in [0.717, 1.165) is 17.1 Å². The Morgan fingerprint density at radius 1 is 1.07 bits per heavy atom. The number of carbonyl (C=O) groups excluding carboxylic acids is 4. The molecule has 0 aromatic heterocycles. The van der Waals surface area contributed by atoms with Gasteiger partial charge in [0.1, 0.15) is 5.54 Å². The molecule has 0 unspecified atom stereocenters. The van der Waals surface area contributed by atoms with Gasteiger partial charge in [-0.05, 0) is 42.7 Å². The van der Waals surface area contributed by atoms with Gasteiger partial charge in [0.2, 0.25) is 5.91 Å². The Kier molecular flexibility index (Phi) is 4.99. The van der Waals surface area contributed by atoms with Gasteiger partial charge >= 0.3 is 6.03 Å². The molecule has 154 valence electrons. The molecule has 30 heavy (non-hydrogen) atoms. The molecule has 5 amide bonds. The highest BCUT2D eigenvalue weighted by atomic mass is 16.2. The molecule has 8 nitrogen and oxygen atoms in total. The smallest absolute Gasteiger partial charge is 0.318 e.